The average molecular weight is 612 g/mol. The number of furan rings is 1. The van der Waals surface area contributed by atoms with Crippen LogP contribution in [-0.2, 0) is 0 Å². The summed E-state index contributed by atoms with van der Waals surface area (Å²) in [6.45, 7) is 0. The molecule has 9 aromatic carbocycles. The lowest BCUT2D eigenvalue weighted by atomic mass is 9.91. The smallest absolute Gasteiger partial charge is 0.135 e. The minimum atomic E-state index is 0.886. The van der Waals surface area contributed by atoms with Crippen LogP contribution in [0, 0.1) is 0 Å². The van der Waals surface area contributed by atoms with Crippen LogP contribution in [0.4, 0.5) is 17.1 Å². The third-order valence-corrected chi connectivity index (χ3v) is 9.80. The molecule has 0 bridgehead atoms. The third-order valence-electron chi connectivity index (χ3n) is 9.80. The van der Waals surface area contributed by atoms with E-state index in [2.05, 4.69) is 169 Å². The molecule has 0 atom stereocenters. The third kappa shape index (κ3) is 4.06. The van der Waals surface area contributed by atoms with Gasteiger partial charge in [0.2, 0.25) is 0 Å². The predicted molar refractivity (Wildman–Crippen MR) is 204 cm³/mol. The first-order valence-corrected chi connectivity index (χ1v) is 16.4. The van der Waals surface area contributed by atoms with E-state index in [0.29, 0.717) is 0 Å². The molecule has 2 nitrogen and oxygen atoms in total. The Morgan fingerprint density at radius 2 is 0.979 bits per heavy atom. The quantitative estimate of drug-likeness (QED) is 0.184. The van der Waals surface area contributed by atoms with Crippen molar-refractivity contribution in [1.82, 2.24) is 0 Å². The minimum Gasteiger partial charge on any atom is -0.456 e. The molecule has 10 aromatic rings. The van der Waals surface area contributed by atoms with Gasteiger partial charge in [0, 0.05) is 32.8 Å². The number of hydrogen-bond acceptors (Lipinski definition) is 2. The molecule has 1 heterocycles. The van der Waals surface area contributed by atoms with Gasteiger partial charge in [0.15, 0.2) is 0 Å². The first kappa shape index (κ1) is 26.8. The van der Waals surface area contributed by atoms with Gasteiger partial charge in [-0.05, 0) is 74.3 Å². The Hall–Kier alpha value is -6.38. The SMILES string of the molecule is c1ccc(-c2ccccc2N(c2ccc3oc4ccccc4c3c2)c2cc3ccc4ccccc4c3c3c2ccc2ccccc23)cc1. The van der Waals surface area contributed by atoms with Gasteiger partial charge in [-0.3, -0.25) is 0 Å². The second-order valence-corrected chi connectivity index (χ2v) is 12.5. The summed E-state index contributed by atoms with van der Waals surface area (Å²) in [7, 11) is 0. The van der Waals surface area contributed by atoms with Gasteiger partial charge in [-0.15, -0.1) is 0 Å². The number of para-hydroxylation sites is 2. The van der Waals surface area contributed by atoms with Crippen LogP contribution in [0.15, 0.2) is 180 Å². The first-order valence-electron chi connectivity index (χ1n) is 16.4. The van der Waals surface area contributed by atoms with Gasteiger partial charge >= 0.3 is 0 Å². The molecule has 0 fully saturated rings. The summed E-state index contributed by atoms with van der Waals surface area (Å²) in [5, 5.41) is 12.2. The van der Waals surface area contributed by atoms with E-state index in [1.807, 2.05) is 12.1 Å². The molecular weight excluding hydrogens is 583 g/mol. The Morgan fingerprint density at radius 1 is 0.354 bits per heavy atom. The maximum Gasteiger partial charge on any atom is 0.135 e. The molecule has 224 valence electrons. The van der Waals surface area contributed by atoms with Crippen molar-refractivity contribution in [1.29, 1.82) is 0 Å². The van der Waals surface area contributed by atoms with Gasteiger partial charge in [0.25, 0.3) is 0 Å². The van der Waals surface area contributed by atoms with Gasteiger partial charge in [-0.25, -0.2) is 0 Å². The summed E-state index contributed by atoms with van der Waals surface area (Å²) >= 11 is 0. The lowest BCUT2D eigenvalue weighted by Gasteiger charge is -2.30. The van der Waals surface area contributed by atoms with Crippen molar-refractivity contribution >= 4 is 82.1 Å². The summed E-state index contributed by atoms with van der Waals surface area (Å²) in [4.78, 5) is 2.45. The number of benzene rings is 9. The maximum absolute atomic E-state index is 6.29. The molecule has 0 amide bonds. The highest BCUT2D eigenvalue weighted by atomic mass is 16.3. The van der Waals surface area contributed by atoms with Gasteiger partial charge in [-0.1, -0.05) is 140 Å². The van der Waals surface area contributed by atoms with Crippen LogP contribution in [-0.4, -0.2) is 0 Å². The Morgan fingerprint density at radius 3 is 1.81 bits per heavy atom. The predicted octanol–water partition coefficient (Wildman–Crippen LogP) is 13.3. The van der Waals surface area contributed by atoms with Gasteiger partial charge in [0.1, 0.15) is 11.2 Å². The van der Waals surface area contributed by atoms with Crippen molar-refractivity contribution in [3.8, 4) is 11.1 Å². The highest BCUT2D eigenvalue weighted by Crippen LogP contribution is 2.48. The van der Waals surface area contributed by atoms with Crippen LogP contribution in [0.1, 0.15) is 0 Å². The summed E-state index contributed by atoms with van der Waals surface area (Å²) in [6.07, 6.45) is 0. The summed E-state index contributed by atoms with van der Waals surface area (Å²) in [5.41, 5.74) is 7.45. The largest absolute Gasteiger partial charge is 0.456 e. The molecule has 0 unspecified atom stereocenters. The van der Waals surface area contributed by atoms with E-state index < -0.39 is 0 Å². The zero-order valence-electron chi connectivity index (χ0n) is 26.1. The first-order chi connectivity index (χ1) is 23.8. The van der Waals surface area contributed by atoms with Crippen molar-refractivity contribution in [2.75, 3.05) is 4.90 Å². The van der Waals surface area contributed by atoms with E-state index in [1.54, 1.807) is 0 Å². The summed E-state index contributed by atoms with van der Waals surface area (Å²) < 4.78 is 6.29. The van der Waals surface area contributed by atoms with Crippen molar-refractivity contribution in [3.63, 3.8) is 0 Å². The van der Waals surface area contributed by atoms with E-state index >= 15 is 0 Å². The molecule has 0 aliphatic heterocycles. The molecule has 0 N–H and O–H groups in total. The highest BCUT2D eigenvalue weighted by Gasteiger charge is 2.23. The van der Waals surface area contributed by atoms with E-state index in [4.69, 9.17) is 4.42 Å². The summed E-state index contributed by atoms with van der Waals surface area (Å²) in [5.74, 6) is 0. The number of nitrogens with zero attached hydrogens (tertiary/aromatic N) is 1. The molecular formula is C46H29NO. The summed E-state index contributed by atoms with van der Waals surface area (Å²) in [6, 6.07) is 63.4. The molecule has 0 radical (unpaired) electrons. The van der Waals surface area contributed by atoms with Gasteiger partial charge in [0.05, 0.1) is 11.4 Å². The van der Waals surface area contributed by atoms with Crippen molar-refractivity contribution in [2.24, 2.45) is 0 Å². The van der Waals surface area contributed by atoms with Crippen LogP contribution < -0.4 is 4.90 Å². The Labute approximate surface area is 277 Å². The zero-order valence-corrected chi connectivity index (χ0v) is 26.1. The van der Waals surface area contributed by atoms with E-state index in [-0.39, 0.29) is 0 Å². The fourth-order valence-corrected chi connectivity index (χ4v) is 7.64. The molecule has 2 heteroatoms. The topological polar surface area (TPSA) is 16.4 Å². The van der Waals surface area contributed by atoms with Crippen LogP contribution in [0.3, 0.4) is 0 Å². The van der Waals surface area contributed by atoms with Gasteiger partial charge in [-0.2, -0.15) is 0 Å². The molecule has 0 saturated heterocycles. The number of anilines is 3. The second kappa shape index (κ2) is 10.6. The highest BCUT2D eigenvalue weighted by molar-refractivity contribution is 6.30. The molecule has 10 rings (SSSR count). The molecule has 1 aromatic heterocycles. The van der Waals surface area contributed by atoms with E-state index in [1.165, 1.54) is 54.2 Å². The number of hydrogen-bond donors (Lipinski definition) is 0. The molecule has 0 saturated carbocycles. The van der Waals surface area contributed by atoms with Crippen molar-refractivity contribution in [3.05, 3.63) is 176 Å². The Balaban J connectivity index is 1.37. The zero-order chi connectivity index (χ0) is 31.6. The maximum atomic E-state index is 6.29. The molecule has 48 heavy (non-hydrogen) atoms. The Kier molecular flexibility index (Phi) is 5.91. The van der Waals surface area contributed by atoms with Crippen LogP contribution in [0.2, 0.25) is 0 Å². The standard InChI is InChI=1S/C46H29NO/c1-2-12-30(13-3-1)35-16-8-10-20-41(35)47(34-25-27-44-40(29-34)38-19-9-11-21-43(38)48-44)42-28-33-23-22-31-14-4-6-17-36(31)45(33)46-37-18-7-5-15-32(37)24-26-39(42)46/h1-29H. The minimum absolute atomic E-state index is 0.886. The van der Waals surface area contributed by atoms with Crippen molar-refractivity contribution < 1.29 is 4.42 Å². The molecule has 0 aliphatic rings. The fraction of sp³-hybridized carbons (Fsp3) is 0. The average Bonchev–Trinajstić information content (AvgIpc) is 3.53. The monoisotopic (exact) mass is 611 g/mol. The van der Waals surface area contributed by atoms with E-state index in [0.717, 1.165) is 39.0 Å². The lowest BCUT2D eigenvalue weighted by Crippen LogP contribution is -2.12. The Bertz CT molecular complexity index is 2850. The molecule has 0 aliphatic carbocycles. The number of rotatable bonds is 4. The normalized spacial score (nSPS) is 11.8. The van der Waals surface area contributed by atoms with Crippen molar-refractivity contribution in [2.45, 2.75) is 0 Å². The fourth-order valence-electron chi connectivity index (χ4n) is 7.64. The number of fused-ring (bicyclic) bond motifs is 10. The van der Waals surface area contributed by atoms with Gasteiger partial charge < -0.3 is 9.32 Å². The van der Waals surface area contributed by atoms with Crippen LogP contribution >= 0.6 is 0 Å². The lowest BCUT2D eigenvalue weighted by molar-refractivity contribution is 0.669. The van der Waals surface area contributed by atoms with Crippen LogP contribution in [0.5, 0.6) is 0 Å². The molecule has 0 spiro atoms. The van der Waals surface area contributed by atoms with E-state index in [9.17, 15) is 0 Å². The van der Waals surface area contributed by atoms with Crippen LogP contribution in [0.25, 0.3) is 76.2 Å². The second-order valence-electron chi connectivity index (χ2n) is 12.5.